The molecule has 240 valence electrons. The third-order valence-electron chi connectivity index (χ3n) is 9.97. The molecule has 6 heteroatoms. The molecule has 3 aromatic carbocycles. The molecule has 0 aliphatic heterocycles. The third kappa shape index (κ3) is 9.67. The number of benzene rings is 3. The molecular formula is C39H49NO5. The zero-order valence-electron chi connectivity index (χ0n) is 26.5. The number of hydrogen-bond donors (Lipinski definition) is 2. The van der Waals surface area contributed by atoms with E-state index in [1.807, 2.05) is 12.1 Å². The van der Waals surface area contributed by atoms with E-state index in [4.69, 9.17) is 9.84 Å². The molecule has 0 bridgehead atoms. The number of nitrogens with zero attached hydrogens (tertiary/aromatic N) is 1. The summed E-state index contributed by atoms with van der Waals surface area (Å²) < 4.78 is 6.50. The molecule has 45 heavy (non-hydrogen) atoms. The molecule has 0 radical (unpaired) electrons. The Balaban J connectivity index is 1.17. The van der Waals surface area contributed by atoms with Gasteiger partial charge in [0.15, 0.2) is 0 Å². The molecule has 1 fully saturated rings. The van der Waals surface area contributed by atoms with E-state index in [-0.39, 0.29) is 12.5 Å². The summed E-state index contributed by atoms with van der Waals surface area (Å²) in [5, 5.41) is 18.7. The van der Waals surface area contributed by atoms with Gasteiger partial charge in [0.25, 0.3) is 0 Å². The van der Waals surface area contributed by atoms with Gasteiger partial charge in [-0.2, -0.15) is 0 Å². The molecule has 6 nitrogen and oxygen atoms in total. The highest BCUT2D eigenvalue weighted by Gasteiger charge is 2.27. The van der Waals surface area contributed by atoms with Crippen molar-refractivity contribution in [1.82, 2.24) is 4.90 Å². The highest BCUT2D eigenvalue weighted by atomic mass is 16.5. The summed E-state index contributed by atoms with van der Waals surface area (Å²) in [6.45, 7) is 2.42. The minimum atomic E-state index is -0.891. The van der Waals surface area contributed by atoms with E-state index in [1.165, 1.54) is 55.2 Å². The minimum Gasteiger partial charge on any atom is -0.493 e. The summed E-state index contributed by atoms with van der Waals surface area (Å²) in [5.41, 5.74) is 5.34. The SMILES string of the molecule is O=C(O)CCCCN(CCc1ccccc1OC[C@H]1CC[C@H](CCc2ccccc2)CC1)C1CCCc2cc(C(=O)O)ccc21. The first-order valence-corrected chi connectivity index (χ1v) is 17.0. The van der Waals surface area contributed by atoms with E-state index in [9.17, 15) is 14.7 Å². The second-order valence-electron chi connectivity index (χ2n) is 13.1. The first-order valence-electron chi connectivity index (χ1n) is 17.0. The fraction of sp³-hybridized carbons (Fsp3) is 0.487. The Kier molecular flexibility index (Phi) is 12.1. The molecule has 0 spiro atoms. The topological polar surface area (TPSA) is 87.1 Å². The Hall–Kier alpha value is -3.64. The molecular weight excluding hydrogens is 562 g/mol. The lowest BCUT2D eigenvalue weighted by Crippen LogP contribution is -2.34. The lowest BCUT2D eigenvalue weighted by molar-refractivity contribution is -0.137. The fourth-order valence-corrected chi connectivity index (χ4v) is 7.34. The Labute approximate surface area is 268 Å². The first-order chi connectivity index (χ1) is 22.0. The van der Waals surface area contributed by atoms with Gasteiger partial charge in [0.05, 0.1) is 12.2 Å². The smallest absolute Gasteiger partial charge is 0.335 e. The standard InChI is InChI=1S/C39H49NO5/c41-38(42)15-6-7-25-40(36-13-8-12-33-27-34(39(43)44)22-23-35(33)36)26-24-32-11-4-5-14-37(32)45-28-31-20-18-30(19-21-31)17-16-29-9-2-1-3-10-29/h1-5,9-11,14,22-23,27,30-31,36H,6-8,12-13,15-21,24-26,28H2,(H,41,42)(H,43,44)/t30-,31-,36?. The maximum absolute atomic E-state index is 11.6. The number of rotatable bonds is 16. The van der Waals surface area contributed by atoms with Crippen LogP contribution in [0.25, 0.3) is 0 Å². The predicted molar refractivity (Wildman–Crippen MR) is 178 cm³/mol. The molecule has 0 amide bonds. The van der Waals surface area contributed by atoms with Crippen molar-refractivity contribution in [2.24, 2.45) is 11.8 Å². The Morgan fingerprint density at radius 2 is 1.56 bits per heavy atom. The summed E-state index contributed by atoms with van der Waals surface area (Å²) in [7, 11) is 0. The highest BCUT2D eigenvalue weighted by molar-refractivity contribution is 5.88. The summed E-state index contributed by atoms with van der Waals surface area (Å²) in [6.07, 6.45) is 12.9. The molecule has 1 atom stereocenters. The molecule has 2 aliphatic rings. The largest absolute Gasteiger partial charge is 0.493 e. The number of para-hydroxylation sites is 1. The second kappa shape index (κ2) is 16.6. The number of aryl methyl sites for hydroxylation is 2. The fourth-order valence-electron chi connectivity index (χ4n) is 7.34. The number of hydrogen-bond acceptors (Lipinski definition) is 4. The molecule has 1 saturated carbocycles. The number of unbranched alkanes of at least 4 members (excludes halogenated alkanes) is 1. The quantitative estimate of drug-likeness (QED) is 0.158. The van der Waals surface area contributed by atoms with Gasteiger partial charge in [-0.05, 0) is 123 Å². The van der Waals surface area contributed by atoms with Crippen molar-refractivity contribution in [3.63, 3.8) is 0 Å². The number of carbonyl (C=O) groups is 2. The zero-order chi connectivity index (χ0) is 31.4. The zero-order valence-corrected chi connectivity index (χ0v) is 26.5. The molecule has 0 saturated heterocycles. The number of aromatic carboxylic acids is 1. The Bertz CT molecular complexity index is 1380. The van der Waals surface area contributed by atoms with Gasteiger partial charge in [-0.1, -0.05) is 67.4 Å². The summed E-state index contributed by atoms with van der Waals surface area (Å²) in [5.74, 6) is 0.752. The number of carboxylic acid groups (broad SMARTS) is 2. The molecule has 2 aliphatic carbocycles. The Morgan fingerprint density at radius 3 is 2.33 bits per heavy atom. The lowest BCUT2D eigenvalue weighted by atomic mass is 9.80. The lowest BCUT2D eigenvalue weighted by Gasteiger charge is -2.36. The third-order valence-corrected chi connectivity index (χ3v) is 9.97. The van der Waals surface area contributed by atoms with Gasteiger partial charge in [-0.15, -0.1) is 0 Å². The summed E-state index contributed by atoms with van der Waals surface area (Å²) in [6, 6.07) is 25.0. The second-order valence-corrected chi connectivity index (χ2v) is 13.1. The van der Waals surface area contributed by atoms with Gasteiger partial charge >= 0.3 is 11.9 Å². The molecule has 5 rings (SSSR count). The van der Waals surface area contributed by atoms with Crippen LogP contribution < -0.4 is 4.74 Å². The molecule has 0 heterocycles. The van der Waals surface area contributed by atoms with Crippen LogP contribution in [0.15, 0.2) is 72.8 Å². The van der Waals surface area contributed by atoms with Crippen molar-refractivity contribution in [1.29, 1.82) is 0 Å². The number of carboxylic acids is 2. The van der Waals surface area contributed by atoms with E-state index >= 15 is 0 Å². The van der Waals surface area contributed by atoms with E-state index in [0.717, 1.165) is 69.0 Å². The summed E-state index contributed by atoms with van der Waals surface area (Å²) >= 11 is 0. The van der Waals surface area contributed by atoms with E-state index in [0.29, 0.717) is 17.9 Å². The van der Waals surface area contributed by atoms with Gasteiger partial charge in [0.1, 0.15) is 5.75 Å². The number of fused-ring (bicyclic) bond motifs is 1. The van der Waals surface area contributed by atoms with Crippen molar-refractivity contribution < 1.29 is 24.5 Å². The van der Waals surface area contributed by atoms with Gasteiger partial charge in [0.2, 0.25) is 0 Å². The first kappa shape index (κ1) is 32.7. The van der Waals surface area contributed by atoms with Gasteiger partial charge in [-0.25, -0.2) is 4.79 Å². The van der Waals surface area contributed by atoms with Crippen molar-refractivity contribution in [2.75, 3.05) is 19.7 Å². The number of aliphatic carboxylic acids is 1. The average molecular weight is 612 g/mol. The van der Waals surface area contributed by atoms with Crippen molar-refractivity contribution in [3.05, 3.63) is 101 Å². The van der Waals surface area contributed by atoms with Gasteiger partial charge < -0.3 is 14.9 Å². The van der Waals surface area contributed by atoms with Crippen molar-refractivity contribution >= 4 is 11.9 Å². The average Bonchev–Trinajstić information content (AvgIpc) is 3.07. The molecule has 3 aromatic rings. The van der Waals surface area contributed by atoms with Crippen LogP contribution in [0.3, 0.4) is 0 Å². The molecule has 2 N–H and O–H groups in total. The molecule has 1 unspecified atom stereocenters. The van der Waals surface area contributed by atoms with Gasteiger partial charge in [-0.3, -0.25) is 9.69 Å². The van der Waals surface area contributed by atoms with Crippen LogP contribution in [0.5, 0.6) is 5.75 Å². The van der Waals surface area contributed by atoms with Crippen LogP contribution in [0.2, 0.25) is 0 Å². The predicted octanol–water partition coefficient (Wildman–Crippen LogP) is 8.38. The van der Waals surface area contributed by atoms with Crippen LogP contribution in [0.1, 0.15) is 103 Å². The van der Waals surface area contributed by atoms with Crippen molar-refractivity contribution in [3.8, 4) is 5.75 Å². The minimum absolute atomic E-state index is 0.183. The van der Waals surface area contributed by atoms with Crippen molar-refractivity contribution in [2.45, 2.75) is 89.5 Å². The number of ether oxygens (including phenoxy) is 1. The van der Waals surface area contributed by atoms with Crippen LogP contribution >= 0.6 is 0 Å². The maximum Gasteiger partial charge on any atom is 0.335 e. The van der Waals surface area contributed by atoms with Gasteiger partial charge in [0, 0.05) is 19.0 Å². The van der Waals surface area contributed by atoms with Crippen LogP contribution in [0, 0.1) is 11.8 Å². The Morgan fingerprint density at radius 1 is 0.800 bits per heavy atom. The summed E-state index contributed by atoms with van der Waals surface area (Å²) in [4.78, 5) is 25.2. The van der Waals surface area contributed by atoms with E-state index < -0.39 is 11.9 Å². The molecule has 0 aromatic heterocycles. The normalized spacial score (nSPS) is 19.6. The van der Waals surface area contributed by atoms with Crippen LogP contribution in [0.4, 0.5) is 0 Å². The van der Waals surface area contributed by atoms with E-state index in [1.54, 1.807) is 6.07 Å². The van der Waals surface area contributed by atoms with E-state index in [2.05, 4.69) is 59.5 Å². The highest BCUT2D eigenvalue weighted by Crippen LogP contribution is 2.36. The van der Waals surface area contributed by atoms with Crippen LogP contribution in [-0.4, -0.2) is 46.7 Å². The van der Waals surface area contributed by atoms with Crippen LogP contribution in [-0.2, 0) is 24.1 Å². The monoisotopic (exact) mass is 611 g/mol. The maximum atomic E-state index is 11.6.